The molecule has 110 valence electrons. The minimum Gasteiger partial charge on any atom is -0.357 e. The Morgan fingerprint density at radius 3 is 2.70 bits per heavy atom. The van der Waals surface area contributed by atoms with Gasteiger partial charge >= 0.3 is 0 Å². The molecule has 2 heterocycles. The van der Waals surface area contributed by atoms with Crippen LogP contribution in [0, 0.1) is 0 Å². The van der Waals surface area contributed by atoms with Gasteiger partial charge in [-0.1, -0.05) is 0 Å². The van der Waals surface area contributed by atoms with E-state index >= 15 is 0 Å². The van der Waals surface area contributed by atoms with Crippen molar-refractivity contribution in [2.75, 3.05) is 51.0 Å². The quantitative estimate of drug-likeness (QED) is 0.791. The Bertz CT molecular complexity index is 549. The van der Waals surface area contributed by atoms with Crippen LogP contribution in [0.15, 0.2) is 6.20 Å². The Balaban J connectivity index is 2.25. The summed E-state index contributed by atoms with van der Waals surface area (Å²) in [5.74, 6) is 1.55. The summed E-state index contributed by atoms with van der Waals surface area (Å²) < 4.78 is 0. The standard InChI is InChI=1S/C13H23N7/c1-5-20(8-6-7-19(3)4)12-10-9-15-18-11(10)16-13(14-2)17-12/h9H,5-8H2,1-4H3,(H2,14,15,16,17,18). The van der Waals surface area contributed by atoms with Gasteiger partial charge in [-0.25, -0.2) is 0 Å². The molecule has 0 fully saturated rings. The van der Waals surface area contributed by atoms with E-state index in [0.717, 1.165) is 42.9 Å². The van der Waals surface area contributed by atoms with Crippen molar-refractivity contribution in [3.05, 3.63) is 6.20 Å². The van der Waals surface area contributed by atoms with Crippen LogP contribution in [0.25, 0.3) is 11.0 Å². The van der Waals surface area contributed by atoms with Crippen molar-refractivity contribution in [2.45, 2.75) is 13.3 Å². The van der Waals surface area contributed by atoms with Crippen LogP contribution >= 0.6 is 0 Å². The number of hydrogen-bond donors (Lipinski definition) is 2. The first-order valence-electron chi connectivity index (χ1n) is 6.94. The Morgan fingerprint density at radius 1 is 1.25 bits per heavy atom. The van der Waals surface area contributed by atoms with Gasteiger partial charge in [-0.2, -0.15) is 15.1 Å². The fraction of sp³-hybridized carbons (Fsp3) is 0.615. The van der Waals surface area contributed by atoms with Gasteiger partial charge in [0.05, 0.1) is 11.6 Å². The molecule has 0 bridgehead atoms. The second-order valence-corrected chi connectivity index (χ2v) is 4.99. The van der Waals surface area contributed by atoms with Gasteiger partial charge in [-0.15, -0.1) is 0 Å². The zero-order valence-corrected chi connectivity index (χ0v) is 12.6. The fourth-order valence-corrected chi connectivity index (χ4v) is 2.16. The molecule has 2 aromatic rings. The van der Waals surface area contributed by atoms with E-state index in [2.05, 4.69) is 56.3 Å². The van der Waals surface area contributed by atoms with E-state index in [1.807, 2.05) is 7.05 Å². The van der Waals surface area contributed by atoms with Crippen molar-refractivity contribution < 1.29 is 0 Å². The highest BCUT2D eigenvalue weighted by Gasteiger charge is 2.14. The predicted octanol–water partition coefficient (Wildman–Crippen LogP) is 1.17. The largest absolute Gasteiger partial charge is 0.357 e. The summed E-state index contributed by atoms with van der Waals surface area (Å²) >= 11 is 0. The van der Waals surface area contributed by atoms with E-state index in [0.29, 0.717) is 5.95 Å². The Kier molecular flexibility index (Phi) is 4.73. The van der Waals surface area contributed by atoms with Gasteiger partial charge in [0, 0.05) is 20.1 Å². The molecular weight excluding hydrogens is 254 g/mol. The maximum atomic E-state index is 4.59. The summed E-state index contributed by atoms with van der Waals surface area (Å²) in [6.07, 6.45) is 2.89. The minimum absolute atomic E-state index is 0.614. The van der Waals surface area contributed by atoms with Crippen LogP contribution in [0.2, 0.25) is 0 Å². The summed E-state index contributed by atoms with van der Waals surface area (Å²) in [7, 11) is 6.01. The van der Waals surface area contributed by atoms with Crippen molar-refractivity contribution in [3.8, 4) is 0 Å². The molecule has 0 saturated carbocycles. The first-order chi connectivity index (χ1) is 9.65. The number of rotatable bonds is 7. The maximum absolute atomic E-state index is 4.59. The number of fused-ring (bicyclic) bond motifs is 1. The lowest BCUT2D eigenvalue weighted by Gasteiger charge is -2.23. The highest BCUT2D eigenvalue weighted by molar-refractivity contribution is 5.87. The lowest BCUT2D eigenvalue weighted by molar-refractivity contribution is 0.400. The number of nitrogens with one attached hydrogen (secondary N) is 2. The third-order valence-corrected chi connectivity index (χ3v) is 3.23. The van der Waals surface area contributed by atoms with Crippen LogP contribution in [0.4, 0.5) is 11.8 Å². The third kappa shape index (κ3) is 3.16. The lowest BCUT2D eigenvalue weighted by Crippen LogP contribution is -2.28. The third-order valence-electron chi connectivity index (χ3n) is 3.23. The summed E-state index contributed by atoms with van der Waals surface area (Å²) in [4.78, 5) is 13.4. The highest BCUT2D eigenvalue weighted by Crippen LogP contribution is 2.23. The zero-order chi connectivity index (χ0) is 14.5. The molecule has 2 aromatic heterocycles. The Morgan fingerprint density at radius 2 is 2.05 bits per heavy atom. The van der Waals surface area contributed by atoms with E-state index in [9.17, 15) is 0 Å². The maximum Gasteiger partial charge on any atom is 0.226 e. The van der Waals surface area contributed by atoms with Gasteiger partial charge < -0.3 is 15.1 Å². The minimum atomic E-state index is 0.614. The number of hydrogen-bond acceptors (Lipinski definition) is 6. The van der Waals surface area contributed by atoms with Gasteiger partial charge in [-0.05, 0) is 34.0 Å². The summed E-state index contributed by atoms with van der Waals surface area (Å²) in [6, 6.07) is 0. The molecule has 0 amide bonds. The van der Waals surface area contributed by atoms with Gasteiger partial charge in [-0.3, -0.25) is 5.10 Å². The molecule has 0 aliphatic heterocycles. The number of aromatic amines is 1. The van der Waals surface area contributed by atoms with Crippen molar-refractivity contribution in [2.24, 2.45) is 0 Å². The molecule has 20 heavy (non-hydrogen) atoms. The van der Waals surface area contributed by atoms with Crippen LogP contribution in [0.5, 0.6) is 0 Å². The SMILES string of the molecule is CCN(CCCN(C)C)c1nc(NC)nc2[nH]ncc12. The van der Waals surface area contributed by atoms with Crippen LogP contribution < -0.4 is 10.2 Å². The molecule has 0 radical (unpaired) electrons. The molecule has 0 unspecified atom stereocenters. The van der Waals surface area contributed by atoms with E-state index in [-0.39, 0.29) is 0 Å². The number of H-pyrrole nitrogens is 1. The molecule has 7 heteroatoms. The van der Waals surface area contributed by atoms with Crippen LogP contribution in [0.3, 0.4) is 0 Å². The number of aromatic nitrogens is 4. The van der Waals surface area contributed by atoms with Crippen molar-refractivity contribution >= 4 is 22.8 Å². The molecule has 2 rings (SSSR count). The Hall–Kier alpha value is -1.89. The predicted molar refractivity (Wildman–Crippen MR) is 82.3 cm³/mol. The van der Waals surface area contributed by atoms with Crippen LogP contribution in [-0.4, -0.2) is 65.8 Å². The molecule has 2 N–H and O–H groups in total. The van der Waals surface area contributed by atoms with Crippen LogP contribution in [-0.2, 0) is 0 Å². The molecule has 0 saturated heterocycles. The molecule has 0 aliphatic carbocycles. The Labute approximate surface area is 119 Å². The van der Waals surface area contributed by atoms with Gasteiger partial charge in [0.15, 0.2) is 5.65 Å². The van der Waals surface area contributed by atoms with E-state index in [4.69, 9.17) is 0 Å². The van der Waals surface area contributed by atoms with Gasteiger partial charge in [0.25, 0.3) is 0 Å². The molecule has 0 aromatic carbocycles. The van der Waals surface area contributed by atoms with E-state index in [1.165, 1.54) is 0 Å². The highest BCUT2D eigenvalue weighted by atomic mass is 15.3. The fourth-order valence-electron chi connectivity index (χ4n) is 2.16. The van der Waals surface area contributed by atoms with Crippen molar-refractivity contribution in [3.63, 3.8) is 0 Å². The van der Waals surface area contributed by atoms with Crippen LogP contribution in [0.1, 0.15) is 13.3 Å². The number of anilines is 2. The summed E-state index contributed by atoms with van der Waals surface area (Å²) in [6.45, 7) is 5.08. The number of nitrogens with zero attached hydrogens (tertiary/aromatic N) is 5. The van der Waals surface area contributed by atoms with Crippen molar-refractivity contribution in [1.29, 1.82) is 0 Å². The first kappa shape index (κ1) is 14.5. The summed E-state index contributed by atoms with van der Waals surface area (Å²) in [5, 5.41) is 11.0. The zero-order valence-electron chi connectivity index (χ0n) is 12.6. The second kappa shape index (κ2) is 6.51. The molecule has 7 nitrogen and oxygen atoms in total. The molecule has 0 atom stereocenters. The lowest BCUT2D eigenvalue weighted by atomic mass is 10.3. The van der Waals surface area contributed by atoms with E-state index < -0.39 is 0 Å². The van der Waals surface area contributed by atoms with Crippen molar-refractivity contribution in [1.82, 2.24) is 25.1 Å². The van der Waals surface area contributed by atoms with Gasteiger partial charge in [0.2, 0.25) is 5.95 Å². The topological polar surface area (TPSA) is 73.0 Å². The van der Waals surface area contributed by atoms with E-state index in [1.54, 1.807) is 6.20 Å². The normalized spacial score (nSPS) is 11.2. The first-order valence-corrected chi connectivity index (χ1v) is 6.94. The second-order valence-electron chi connectivity index (χ2n) is 4.99. The monoisotopic (exact) mass is 277 g/mol. The molecule has 0 aliphatic rings. The molecule has 0 spiro atoms. The smallest absolute Gasteiger partial charge is 0.226 e. The summed E-state index contributed by atoms with van der Waals surface area (Å²) in [5.41, 5.74) is 0.769. The molecular formula is C13H23N7. The van der Waals surface area contributed by atoms with Gasteiger partial charge in [0.1, 0.15) is 5.82 Å². The average molecular weight is 277 g/mol. The average Bonchev–Trinajstić information content (AvgIpc) is 2.90.